The predicted molar refractivity (Wildman–Crippen MR) is 102 cm³/mol. The highest BCUT2D eigenvalue weighted by Gasteiger charge is 2.29. The monoisotopic (exact) mass is 513 g/mol. The number of nitrogens with zero attached hydrogens (tertiary/aromatic N) is 1. The number of rotatable bonds is 7. The first-order chi connectivity index (χ1) is 12.0. The summed E-state index contributed by atoms with van der Waals surface area (Å²) in [7, 11) is 0. The van der Waals surface area contributed by atoms with Crippen molar-refractivity contribution in [2.24, 2.45) is 4.99 Å². The molecular weight excluding hydrogens is 491 g/mol. The Morgan fingerprint density at radius 2 is 1.74 bits per heavy atom. The Morgan fingerprint density at radius 1 is 1.07 bits per heavy atom. The Labute approximate surface area is 170 Å². The van der Waals surface area contributed by atoms with Crippen LogP contribution < -0.4 is 15.4 Å². The van der Waals surface area contributed by atoms with Crippen LogP contribution in [0.2, 0.25) is 0 Å². The van der Waals surface area contributed by atoms with E-state index in [2.05, 4.69) is 15.6 Å². The number of aliphatic imine (C=N–C) groups is 1. The van der Waals surface area contributed by atoms with Crippen molar-refractivity contribution in [3.05, 3.63) is 29.3 Å². The largest absolute Gasteiger partial charge is 0.484 e. The van der Waals surface area contributed by atoms with Gasteiger partial charge in [0.15, 0.2) is 12.6 Å². The van der Waals surface area contributed by atoms with Gasteiger partial charge in [-0.05, 0) is 25.5 Å². The molecule has 1 aromatic rings. The molecule has 0 atom stereocenters. The van der Waals surface area contributed by atoms with Crippen molar-refractivity contribution in [3.8, 4) is 5.75 Å². The van der Waals surface area contributed by atoms with Gasteiger partial charge in [-0.25, -0.2) is 4.99 Å². The van der Waals surface area contributed by atoms with Gasteiger partial charge in [0.05, 0.1) is 13.0 Å². The molecule has 0 aliphatic carbocycles. The summed E-state index contributed by atoms with van der Waals surface area (Å²) in [4.78, 5) is 4.10. The van der Waals surface area contributed by atoms with Crippen LogP contribution >= 0.6 is 24.0 Å². The average molecular weight is 513 g/mol. The van der Waals surface area contributed by atoms with Crippen molar-refractivity contribution in [3.63, 3.8) is 0 Å². The molecule has 27 heavy (non-hydrogen) atoms. The van der Waals surface area contributed by atoms with Gasteiger partial charge in [-0.3, -0.25) is 0 Å². The SMILES string of the molecule is CCNC(=NCc1ccc(C)cc1OCC(F)(F)F)NCCC(F)(F)F.I. The summed E-state index contributed by atoms with van der Waals surface area (Å²) in [6.07, 6.45) is -9.79. The quantitative estimate of drug-likeness (QED) is 0.243. The van der Waals surface area contributed by atoms with Gasteiger partial charge in [-0.15, -0.1) is 24.0 Å². The van der Waals surface area contributed by atoms with E-state index in [9.17, 15) is 26.3 Å². The third-order valence-electron chi connectivity index (χ3n) is 3.07. The lowest BCUT2D eigenvalue weighted by Gasteiger charge is -2.15. The third-order valence-corrected chi connectivity index (χ3v) is 3.07. The zero-order valence-corrected chi connectivity index (χ0v) is 17.1. The van der Waals surface area contributed by atoms with Gasteiger partial charge in [-0.2, -0.15) is 26.3 Å². The molecule has 1 rings (SSSR count). The van der Waals surface area contributed by atoms with Crippen molar-refractivity contribution >= 4 is 29.9 Å². The fourth-order valence-corrected chi connectivity index (χ4v) is 1.91. The molecule has 0 spiro atoms. The Bertz CT molecular complexity index is 605. The molecule has 0 heterocycles. The summed E-state index contributed by atoms with van der Waals surface area (Å²) >= 11 is 0. The molecule has 1 aromatic carbocycles. The molecule has 0 amide bonds. The van der Waals surface area contributed by atoms with E-state index in [1.165, 1.54) is 6.07 Å². The molecule has 0 saturated heterocycles. The van der Waals surface area contributed by atoms with Gasteiger partial charge in [0, 0.05) is 18.7 Å². The molecule has 0 radical (unpaired) electrons. The normalized spacial score (nSPS) is 12.4. The first-order valence-electron chi connectivity index (χ1n) is 7.88. The number of hydrogen-bond donors (Lipinski definition) is 2. The number of aryl methyl sites for hydroxylation is 1. The maximum Gasteiger partial charge on any atom is 0.422 e. The molecule has 0 unspecified atom stereocenters. The molecule has 0 aromatic heterocycles. The van der Waals surface area contributed by atoms with Crippen LogP contribution in [0.1, 0.15) is 24.5 Å². The molecule has 0 bridgehead atoms. The minimum Gasteiger partial charge on any atom is -0.484 e. The highest BCUT2D eigenvalue weighted by atomic mass is 127. The van der Waals surface area contributed by atoms with Crippen molar-refractivity contribution in [1.82, 2.24) is 10.6 Å². The standard InChI is InChI=1S/C16H21F6N3O.HI/c1-3-23-14(24-7-6-15(17,18)19)25-9-12-5-4-11(2)8-13(12)26-10-16(20,21)22;/h4-5,8H,3,6-7,9-10H2,1-2H3,(H2,23,24,25);1H. The Morgan fingerprint density at radius 3 is 2.30 bits per heavy atom. The second-order valence-electron chi connectivity index (χ2n) is 5.50. The number of halogens is 7. The summed E-state index contributed by atoms with van der Waals surface area (Å²) in [5.41, 5.74) is 1.11. The van der Waals surface area contributed by atoms with Crippen molar-refractivity contribution < 1.29 is 31.1 Å². The molecule has 4 nitrogen and oxygen atoms in total. The van der Waals surface area contributed by atoms with E-state index >= 15 is 0 Å². The minimum absolute atomic E-state index is 0. The van der Waals surface area contributed by atoms with Gasteiger partial charge in [0.25, 0.3) is 0 Å². The van der Waals surface area contributed by atoms with E-state index in [4.69, 9.17) is 4.74 Å². The van der Waals surface area contributed by atoms with Crippen LogP contribution in [0.4, 0.5) is 26.3 Å². The molecule has 11 heteroatoms. The lowest BCUT2D eigenvalue weighted by molar-refractivity contribution is -0.153. The Balaban J connectivity index is 0.00000676. The van der Waals surface area contributed by atoms with E-state index in [0.29, 0.717) is 17.7 Å². The molecule has 156 valence electrons. The fourth-order valence-electron chi connectivity index (χ4n) is 1.91. The molecule has 0 aliphatic rings. The van der Waals surface area contributed by atoms with Crippen molar-refractivity contribution in [2.75, 3.05) is 19.7 Å². The molecule has 0 aliphatic heterocycles. The zero-order chi connectivity index (χ0) is 19.8. The topological polar surface area (TPSA) is 45.7 Å². The predicted octanol–water partition coefficient (Wildman–Crippen LogP) is 4.56. The number of nitrogens with one attached hydrogen (secondary N) is 2. The number of ether oxygens (including phenoxy) is 1. The molecule has 2 N–H and O–H groups in total. The Hall–Kier alpha value is -1.40. The second kappa shape index (κ2) is 11.4. The number of benzene rings is 1. The Kier molecular flexibility index (Phi) is 10.9. The summed E-state index contributed by atoms with van der Waals surface area (Å²) in [5.74, 6) is 0.177. The summed E-state index contributed by atoms with van der Waals surface area (Å²) < 4.78 is 78.5. The van der Waals surface area contributed by atoms with Gasteiger partial charge < -0.3 is 15.4 Å². The maximum absolute atomic E-state index is 12.4. The smallest absolute Gasteiger partial charge is 0.422 e. The van der Waals surface area contributed by atoms with Crippen LogP contribution in [0.15, 0.2) is 23.2 Å². The van der Waals surface area contributed by atoms with E-state index in [1.54, 1.807) is 26.0 Å². The van der Waals surface area contributed by atoms with Gasteiger partial charge in [0.1, 0.15) is 5.75 Å². The molecule has 0 fully saturated rings. The third kappa shape index (κ3) is 11.8. The highest BCUT2D eigenvalue weighted by molar-refractivity contribution is 14.0. The van der Waals surface area contributed by atoms with Gasteiger partial charge >= 0.3 is 12.4 Å². The number of hydrogen-bond acceptors (Lipinski definition) is 2. The first kappa shape index (κ1) is 25.6. The number of guanidine groups is 1. The summed E-state index contributed by atoms with van der Waals surface area (Å²) in [6.45, 7) is 2.02. The van der Waals surface area contributed by atoms with E-state index < -0.39 is 25.4 Å². The number of alkyl halides is 6. The lowest BCUT2D eigenvalue weighted by atomic mass is 10.1. The zero-order valence-electron chi connectivity index (χ0n) is 14.8. The second-order valence-corrected chi connectivity index (χ2v) is 5.50. The highest BCUT2D eigenvalue weighted by Crippen LogP contribution is 2.24. The van der Waals surface area contributed by atoms with Crippen LogP contribution in [0.5, 0.6) is 5.75 Å². The summed E-state index contributed by atoms with van der Waals surface area (Å²) in [6, 6.07) is 4.72. The van der Waals surface area contributed by atoms with Crippen molar-refractivity contribution in [1.29, 1.82) is 0 Å². The molecule has 0 saturated carbocycles. The van der Waals surface area contributed by atoms with E-state index in [1.807, 2.05) is 0 Å². The van der Waals surface area contributed by atoms with Crippen LogP contribution in [0, 0.1) is 6.92 Å². The van der Waals surface area contributed by atoms with Crippen LogP contribution in [-0.2, 0) is 6.54 Å². The van der Waals surface area contributed by atoms with E-state index in [-0.39, 0.29) is 48.8 Å². The van der Waals surface area contributed by atoms with Gasteiger partial charge in [0.2, 0.25) is 0 Å². The first-order valence-corrected chi connectivity index (χ1v) is 7.88. The lowest BCUT2D eigenvalue weighted by Crippen LogP contribution is -2.38. The van der Waals surface area contributed by atoms with Crippen LogP contribution in [0.3, 0.4) is 0 Å². The summed E-state index contributed by atoms with van der Waals surface area (Å²) in [5, 5.41) is 5.31. The molecular formula is C16H22F6IN3O. The fraction of sp³-hybridized carbons (Fsp3) is 0.562. The van der Waals surface area contributed by atoms with Gasteiger partial charge in [-0.1, -0.05) is 12.1 Å². The van der Waals surface area contributed by atoms with Crippen molar-refractivity contribution in [2.45, 2.75) is 39.2 Å². The maximum atomic E-state index is 12.4. The van der Waals surface area contributed by atoms with Crippen LogP contribution in [0.25, 0.3) is 0 Å². The minimum atomic E-state index is -4.47. The van der Waals surface area contributed by atoms with Crippen LogP contribution in [-0.4, -0.2) is 38.0 Å². The average Bonchev–Trinajstić information content (AvgIpc) is 2.49. The van der Waals surface area contributed by atoms with E-state index in [0.717, 1.165) is 0 Å².